The smallest absolute Gasteiger partial charge is 0.250 e. The van der Waals surface area contributed by atoms with E-state index in [1.165, 1.54) is 29.5 Å². The number of fused-ring (bicyclic) bond motifs is 1. The zero-order valence-corrected chi connectivity index (χ0v) is 16.5. The zero-order chi connectivity index (χ0) is 19.4. The molecule has 27 heavy (non-hydrogen) atoms. The van der Waals surface area contributed by atoms with Crippen LogP contribution in [0.4, 0.5) is 5.13 Å². The Morgan fingerprint density at radius 1 is 1.19 bits per heavy atom. The normalized spacial score (nSPS) is 11.9. The summed E-state index contributed by atoms with van der Waals surface area (Å²) in [4.78, 5) is 16.7. The molecule has 0 radical (unpaired) electrons. The van der Waals surface area contributed by atoms with Crippen LogP contribution < -0.4 is 10.0 Å². The van der Waals surface area contributed by atoms with E-state index in [1.807, 2.05) is 25.1 Å². The van der Waals surface area contributed by atoms with E-state index >= 15 is 0 Å². The molecule has 0 atom stereocenters. The standard InChI is InChI=1S/C19H19N3O3S2/c1-3-20-27(24,25)15-8-5-14(6-9-15)7-11-18(23)22-19-21-16-10-4-13(2)12-17(16)26-19/h4-12,20H,3H2,1-2H3,(H,21,22,23)/b11-7+. The van der Waals surface area contributed by atoms with Gasteiger partial charge in [0.05, 0.1) is 15.1 Å². The number of amides is 1. The predicted octanol–water partition coefficient (Wildman–Crippen LogP) is 3.55. The summed E-state index contributed by atoms with van der Waals surface area (Å²) < 4.78 is 27.3. The summed E-state index contributed by atoms with van der Waals surface area (Å²) in [7, 11) is -3.48. The lowest BCUT2D eigenvalue weighted by atomic mass is 10.2. The number of carbonyl (C=O) groups is 1. The maximum Gasteiger partial charge on any atom is 0.250 e. The van der Waals surface area contributed by atoms with Gasteiger partial charge >= 0.3 is 0 Å². The summed E-state index contributed by atoms with van der Waals surface area (Å²) in [5.74, 6) is -0.296. The van der Waals surface area contributed by atoms with Gasteiger partial charge in [0.1, 0.15) is 0 Å². The molecule has 3 rings (SSSR count). The van der Waals surface area contributed by atoms with Gasteiger partial charge in [-0.2, -0.15) is 0 Å². The highest BCUT2D eigenvalue weighted by Crippen LogP contribution is 2.26. The fourth-order valence-corrected chi connectivity index (χ4v) is 4.44. The molecular weight excluding hydrogens is 382 g/mol. The quantitative estimate of drug-likeness (QED) is 0.618. The molecule has 0 spiro atoms. The van der Waals surface area contributed by atoms with Crippen LogP contribution in [0.1, 0.15) is 18.1 Å². The minimum Gasteiger partial charge on any atom is -0.298 e. The third-order valence-electron chi connectivity index (χ3n) is 3.73. The van der Waals surface area contributed by atoms with E-state index in [1.54, 1.807) is 25.1 Å². The Bertz CT molecular complexity index is 1100. The van der Waals surface area contributed by atoms with Crippen molar-refractivity contribution in [2.24, 2.45) is 0 Å². The fraction of sp³-hybridized carbons (Fsp3) is 0.158. The van der Waals surface area contributed by atoms with Gasteiger partial charge in [-0.3, -0.25) is 10.1 Å². The summed E-state index contributed by atoms with van der Waals surface area (Å²) in [6, 6.07) is 12.2. The Hall–Kier alpha value is -2.55. The van der Waals surface area contributed by atoms with E-state index in [0.717, 1.165) is 21.3 Å². The molecule has 8 heteroatoms. The number of anilines is 1. The second kappa shape index (κ2) is 7.99. The molecule has 2 N–H and O–H groups in total. The van der Waals surface area contributed by atoms with Crippen molar-refractivity contribution in [3.63, 3.8) is 0 Å². The minimum atomic E-state index is -3.48. The van der Waals surface area contributed by atoms with Gasteiger partial charge in [0, 0.05) is 12.6 Å². The third-order valence-corrected chi connectivity index (χ3v) is 6.22. The van der Waals surface area contributed by atoms with Gasteiger partial charge in [0.25, 0.3) is 0 Å². The molecule has 2 aromatic carbocycles. The number of nitrogens with zero attached hydrogens (tertiary/aromatic N) is 1. The van der Waals surface area contributed by atoms with Gasteiger partial charge in [-0.1, -0.05) is 36.5 Å². The van der Waals surface area contributed by atoms with Crippen LogP contribution in [0, 0.1) is 6.92 Å². The maximum atomic E-state index is 12.1. The number of benzene rings is 2. The number of aromatic nitrogens is 1. The van der Waals surface area contributed by atoms with E-state index in [9.17, 15) is 13.2 Å². The Morgan fingerprint density at radius 2 is 1.93 bits per heavy atom. The molecule has 0 aliphatic rings. The monoisotopic (exact) mass is 401 g/mol. The summed E-state index contributed by atoms with van der Waals surface area (Å²) in [6.45, 7) is 4.06. The molecule has 1 aromatic heterocycles. The van der Waals surface area contributed by atoms with Crippen LogP contribution in [-0.2, 0) is 14.8 Å². The van der Waals surface area contributed by atoms with Crippen LogP contribution in [0.3, 0.4) is 0 Å². The average molecular weight is 402 g/mol. The first-order valence-corrected chi connectivity index (χ1v) is 10.6. The highest BCUT2D eigenvalue weighted by Gasteiger charge is 2.11. The van der Waals surface area contributed by atoms with Gasteiger partial charge in [0.2, 0.25) is 15.9 Å². The molecule has 140 valence electrons. The van der Waals surface area contributed by atoms with Crippen LogP contribution in [0.15, 0.2) is 53.4 Å². The summed E-state index contributed by atoms with van der Waals surface area (Å²) in [6.07, 6.45) is 3.02. The second-order valence-electron chi connectivity index (χ2n) is 5.88. The van der Waals surface area contributed by atoms with Gasteiger partial charge in [-0.15, -0.1) is 0 Å². The molecular formula is C19H19N3O3S2. The molecule has 0 bridgehead atoms. The molecule has 0 saturated carbocycles. The molecule has 1 heterocycles. The molecule has 6 nitrogen and oxygen atoms in total. The van der Waals surface area contributed by atoms with Gasteiger partial charge in [0.15, 0.2) is 5.13 Å². The average Bonchev–Trinajstić information content (AvgIpc) is 3.01. The Kier molecular flexibility index (Phi) is 5.69. The fourth-order valence-electron chi connectivity index (χ4n) is 2.44. The van der Waals surface area contributed by atoms with Crippen molar-refractivity contribution in [2.45, 2.75) is 18.7 Å². The molecule has 0 fully saturated rings. The minimum absolute atomic E-state index is 0.190. The Balaban J connectivity index is 1.67. The lowest BCUT2D eigenvalue weighted by Gasteiger charge is -2.04. The topological polar surface area (TPSA) is 88.2 Å². The third kappa shape index (κ3) is 4.79. The Labute approximate surface area is 162 Å². The lowest BCUT2D eigenvalue weighted by Crippen LogP contribution is -2.22. The van der Waals surface area contributed by atoms with E-state index < -0.39 is 10.0 Å². The summed E-state index contributed by atoms with van der Waals surface area (Å²) >= 11 is 1.42. The van der Waals surface area contributed by atoms with Crippen molar-refractivity contribution in [3.05, 3.63) is 59.7 Å². The van der Waals surface area contributed by atoms with Crippen molar-refractivity contribution >= 4 is 48.7 Å². The lowest BCUT2D eigenvalue weighted by molar-refractivity contribution is -0.111. The van der Waals surface area contributed by atoms with Crippen LogP contribution in [-0.4, -0.2) is 25.9 Å². The zero-order valence-electron chi connectivity index (χ0n) is 14.9. The number of carbonyl (C=O) groups excluding carboxylic acids is 1. The van der Waals surface area contributed by atoms with Crippen molar-refractivity contribution in [2.75, 3.05) is 11.9 Å². The van der Waals surface area contributed by atoms with Gasteiger partial charge < -0.3 is 0 Å². The first kappa shape index (κ1) is 19.2. The second-order valence-corrected chi connectivity index (χ2v) is 8.68. The van der Waals surface area contributed by atoms with E-state index in [2.05, 4.69) is 15.0 Å². The van der Waals surface area contributed by atoms with Gasteiger partial charge in [-0.25, -0.2) is 18.1 Å². The predicted molar refractivity (Wildman–Crippen MR) is 109 cm³/mol. The summed E-state index contributed by atoms with van der Waals surface area (Å²) in [5, 5.41) is 3.29. The molecule has 0 aliphatic carbocycles. The largest absolute Gasteiger partial charge is 0.298 e. The number of nitrogens with one attached hydrogen (secondary N) is 2. The van der Waals surface area contributed by atoms with Crippen LogP contribution in [0.5, 0.6) is 0 Å². The molecule has 0 saturated heterocycles. The SMILES string of the molecule is CCNS(=O)(=O)c1ccc(/C=C/C(=O)Nc2nc3ccc(C)cc3s2)cc1. The van der Waals surface area contributed by atoms with Crippen LogP contribution in [0.2, 0.25) is 0 Å². The maximum absolute atomic E-state index is 12.1. The number of thiazole rings is 1. The van der Waals surface area contributed by atoms with Crippen molar-refractivity contribution in [1.82, 2.24) is 9.71 Å². The Morgan fingerprint density at radius 3 is 2.63 bits per heavy atom. The van der Waals surface area contributed by atoms with Crippen LogP contribution >= 0.6 is 11.3 Å². The van der Waals surface area contributed by atoms with Crippen molar-refractivity contribution in [3.8, 4) is 0 Å². The number of hydrogen-bond acceptors (Lipinski definition) is 5. The van der Waals surface area contributed by atoms with Crippen molar-refractivity contribution in [1.29, 1.82) is 0 Å². The number of hydrogen-bond donors (Lipinski definition) is 2. The summed E-state index contributed by atoms with van der Waals surface area (Å²) in [5.41, 5.74) is 2.71. The number of rotatable bonds is 6. The van der Waals surface area contributed by atoms with Gasteiger partial charge in [-0.05, 0) is 48.4 Å². The molecule has 3 aromatic rings. The highest BCUT2D eigenvalue weighted by atomic mass is 32.2. The first-order chi connectivity index (χ1) is 12.9. The van der Waals surface area contributed by atoms with E-state index in [0.29, 0.717) is 11.7 Å². The number of aryl methyl sites for hydroxylation is 1. The van der Waals surface area contributed by atoms with E-state index in [-0.39, 0.29) is 10.8 Å². The van der Waals surface area contributed by atoms with Crippen LogP contribution in [0.25, 0.3) is 16.3 Å². The number of sulfonamides is 1. The molecule has 1 amide bonds. The van der Waals surface area contributed by atoms with E-state index in [4.69, 9.17) is 0 Å². The molecule has 0 aliphatic heterocycles. The van der Waals surface area contributed by atoms with Crippen molar-refractivity contribution < 1.29 is 13.2 Å². The molecule has 0 unspecified atom stereocenters. The first-order valence-electron chi connectivity index (χ1n) is 8.33. The highest BCUT2D eigenvalue weighted by molar-refractivity contribution is 7.89.